The summed E-state index contributed by atoms with van der Waals surface area (Å²) in [7, 11) is 0. The molecule has 0 radical (unpaired) electrons. The molecule has 0 saturated heterocycles. The number of rotatable bonds is 2. The van der Waals surface area contributed by atoms with Crippen molar-refractivity contribution in [1.82, 2.24) is 0 Å². The molecule has 0 aliphatic carbocycles. The highest BCUT2D eigenvalue weighted by atomic mass is 16.6. The maximum absolute atomic E-state index is 9.28. The molecular formula is C7H12O7. The van der Waals surface area contributed by atoms with Gasteiger partial charge in [0.05, 0.1) is 6.61 Å². The van der Waals surface area contributed by atoms with E-state index in [0.717, 1.165) is 0 Å². The molecule has 1 aliphatic rings. The quantitative estimate of drug-likeness (QED) is 0.302. The van der Waals surface area contributed by atoms with E-state index in [-0.39, 0.29) is 0 Å². The van der Waals surface area contributed by atoms with Crippen LogP contribution in [0.2, 0.25) is 0 Å². The monoisotopic (exact) mass is 208 g/mol. The normalized spacial score (nSPS) is 35.3. The Hall–Kier alpha value is -1.02. The van der Waals surface area contributed by atoms with Crippen LogP contribution in [-0.2, 0) is 4.74 Å². The van der Waals surface area contributed by atoms with Crippen LogP contribution in [-0.4, -0.2) is 61.7 Å². The van der Waals surface area contributed by atoms with Crippen molar-refractivity contribution in [1.29, 1.82) is 0 Å². The van der Waals surface area contributed by atoms with Crippen molar-refractivity contribution in [3.05, 3.63) is 11.7 Å². The second-order valence-corrected chi connectivity index (χ2v) is 2.96. The summed E-state index contributed by atoms with van der Waals surface area (Å²) in [5.41, 5.74) is 0. The molecule has 0 aromatic heterocycles. The molecule has 7 nitrogen and oxygen atoms in total. The number of aliphatic hydroxyl groups is 6. The van der Waals surface area contributed by atoms with Crippen LogP contribution in [0, 0.1) is 0 Å². The zero-order valence-corrected chi connectivity index (χ0v) is 7.11. The Morgan fingerprint density at radius 2 is 1.86 bits per heavy atom. The Morgan fingerprint density at radius 1 is 1.29 bits per heavy atom. The Labute approximate surface area is 79.1 Å². The highest BCUT2D eigenvalue weighted by Gasteiger charge is 2.42. The smallest absolute Gasteiger partial charge is 0.319 e. The van der Waals surface area contributed by atoms with Gasteiger partial charge >= 0.3 is 5.95 Å². The van der Waals surface area contributed by atoms with E-state index in [1.807, 2.05) is 0 Å². The maximum atomic E-state index is 9.28. The minimum Gasteiger partial charge on any atom is -0.504 e. The molecule has 0 aromatic rings. The summed E-state index contributed by atoms with van der Waals surface area (Å²) < 4.78 is 4.50. The molecule has 14 heavy (non-hydrogen) atoms. The van der Waals surface area contributed by atoms with Gasteiger partial charge < -0.3 is 35.4 Å². The Kier molecular flexibility index (Phi) is 3.17. The van der Waals surface area contributed by atoms with Gasteiger partial charge in [-0.15, -0.1) is 0 Å². The Bertz CT molecular complexity index is 238. The fourth-order valence-electron chi connectivity index (χ4n) is 1.14. The second-order valence-electron chi connectivity index (χ2n) is 2.96. The van der Waals surface area contributed by atoms with E-state index >= 15 is 0 Å². The molecule has 6 N–H and O–H groups in total. The number of hydrogen-bond acceptors (Lipinski definition) is 7. The summed E-state index contributed by atoms with van der Waals surface area (Å²) in [5.74, 6) is -1.88. The summed E-state index contributed by atoms with van der Waals surface area (Å²) >= 11 is 0. The van der Waals surface area contributed by atoms with Crippen LogP contribution in [0.1, 0.15) is 0 Å². The number of aliphatic hydroxyl groups excluding tert-OH is 6. The van der Waals surface area contributed by atoms with Gasteiger partial charge in [-0.2, -0.15) is 0 Å². The van der Waals surface area contributed by atoms with Crippen molar-refractivity contribution in [3.8, 4) is 0 Å². The zero-order chi connectivity index (χ0) is 10.9. The minimum absolute atomic E-state index is 0.706. The molecule has 0 unspecified atom stereocenters. The number of hydrogen-bond donors (Lipinski definition) is 6. The molecule has 82 valence electrons. The molecule has 1 rings (SSSR count). The van der Waals surface area contributed by atoms with E-state index < -0.39 is 42.7 Å². The summed E-state index contributed by atoms with van der Waals surface area (Å²) in [6, 6.07) is 0. The average Bonchev–Trinajstić information content (AvgIpc) is 2.19. The van der Waals surface area contributed by atoms with Gasteiger partial charge in [-0.1, -0.05) is 0 Å². The van der Waals surface area contributed by atoms with Crippen LogP contribution >= 0.6 is 0 Å². The van der Waals surface area contributed by atoms with Crippen LogP contribution in [0.15, 0.2) is 11.7 Å². The maximum Gasteiger partial charge on any atom is 0.319 e. The molecule has 1 aliphatic heterocycles. The van der Waals surface area contributed by atoms with Crippen LogP contribution in [0.4, 0.5) is 0 Å². The molecule has 0 amide bonds. The predicted octanol–water partition coefficient (Wildman–Crippen LogP) is -2.25. The van der Waals surface area contributed by atoms with Crippen molar-refractivity contribution < 1.29 is 35.4 Å². The predicted molar refractivity (Wildman–Crippen MR) is 42.3 cm³/mol. The van der Waals surface area contributed by atoms with Gasteiger partial charge in [-0.25, -0.2) is 0 Å². The Morgan fingerprint density at radius 3 is 2.36 bits per heavy atom. The summed E-state index contributed by atoms with van der Waals surface area (Å²) in [6.45, 7) is -0.706. The van der Waals surface area contributed by atoms with Crippen LogP contribution in [0.5, 0.6) is 0 Å². The van der Waals surface area contributed by atoms with E-state index in [1.165, 1.54) is 0 Å². The van der Waals surface area contributed by atoms with Gasteiger partial charge in [0.1, 0.15) is 18.3 Å². The topological polar surface area (TPSA) is 131 Å². The van der Waals surface area contributed by atoms with E-state index in [0.29, 0.717) is 0 Å². The van der Waals surface area contributed by atoms with Gasteiger partial charge in [0.15, 0.2) is 6.10 Å². The first-order chi connectivity index (χ1) is 6.49. The minimum atomic E-state index is -1.74. The highest BCUT2D eigenvalue weighted by Crippen LogP contribution is 2.23. The molecule has 0 aromatic carbocycles. The lowest BCUT2D eigenvalue weighted by Crippen LogP contribution is -2.51. The summed E-state index contributed by atoms with van der Waals surface area (Å²) in [5, 5.41) is 54.0. The molecular weight excluding hydrogens is 196 g/mol. The van der Waals surface area contributed by atoms with E-state index in [2.05, 4.69) is 4.74 Å². The highest BCUT2D eigenvalue weighted by molar-refractivity contribution is 5.08. The van der Waals surface area contributed by atoms with Crippen molar-refractivity contribution in [2.24, 2.45) is 0 Å². The first-order valence-corrected chi connectivity index (χ1v) is 3.92. The second kappa shape index (κ2) is 4.01. The fourth-order valence-corrected chi connectivity index (χ4v) is 1.14. The van der Waals surface area contributed by atoms with E-state index in [4.69, 9.17) is 25.5 Å². The fraction of sp³-hybridized carbons (Fsp3) is 0.714. The van der Waals surface area contributed by atoms with Crippen LogP contribution < -0.4 is 0 Å². The lowest BCUT2D eigenvalue weighted by Gasteiger charge is -2.33. The van der Waals surface area contributed by atoms with Gasteiger partial charge in [-0.3, -0.25) is 0 Å². The largest absolute Gasteiger partial charge is 0.504 e. The van der Waals surface area contributed by atoms with E-state index in [9.17, 15) is 5.11 Å². The summed E-state index contributed by atoms with van der Waals surface area (Å²) in [6.07, 6.45) is -6.20. The molecule has 7 heteroatoms. The Balaban J connectivity index is 2.84. The first kappa shape index (κ1) is 11.1. The third kappa shape index (κ3) is 1.75. The molecule has 0 fully saturated rings. The van der Waals surface area contributed by atoms with Crippen molar-refractivity contribution in [2.75, 3.05) is 6.61 Å². The molecule has 0 saturated carbocycles. The van der Waals surface area contributed by atoms with Gasteiger partial charge in [0.2, 0.25) is 5.76 Å². The van der Waals surface area contributed by atoms with E-state index in [1.54, 1.807) is 0 Å². The molecule has 4 atom stereocenters. The molecule has 1 heterocycles. The first-order valence-electron chi connectivity index (χ1n) is 3.92. The van der Waals surface area contributed by atoms with Gasteiger partial charge in [0, 0.05) is 0 Å². The molecule has 0 bridgehead atoms. The van der Waals surface area contributed by atoms with Crippen molar-refractivity contribution in [2.45, 2.75) is 24.4 Å². The third-order valence-corrected chi connectivity index (χ3v) is 1.97. The van der Waals surface area contributed by atoms with Crippen LogP contribution in [0.3, 0.4) is 0 Å². The zero-order valence-electron chi connectivity index (χ0n) is 7.11. The third-order valence-electron chi connectivity index (χ3n) is 1.97. The van der Waals surface area contributed by atoms with Gasteiger partial charge in [0.25, 0.3) is 0 Å². The van der Waals surface area contributed by atoms with Crippen LogP contribution in [0.25, 0.3) is 0 Å². The SMILES string of the molecule is OC[C@@H](O)[C@@H]1OC(O)=C(O)[C@H](O)[C@@H]1O. The van der Waals surface area contributed by atoms with Crippen molar-refractivity contribution in [3.63, 3.8) is 0 Å². The molecule has 0 spiro atoms. The standard InChI is InChI=1S/C7H12O7/c8-1-2(9)6-4(11)3(10)5(12)7(13)14-6/h2-4,6,8-13H,1H2/t2-,3-,4+,6+/m1/s1. The number of ether oxygens (including phenoxy) is 1. The lowest BCUT2D eigenvalue weighted by atomic mass is 10.00. The lowest BCUT2D eigenvalue weighted by molar-refractivity contribution is -0.165. The summed E-state index contributed by atoms with van der Waals surface area (Å²) in [4.78, 5) is 0. The van der Waals surface area contributed by atoms with Crippen molar-refractivity contribution >= 4 is 0 Å². The average molecular weight is 208 g/mol. The van der Waals surface area contributed by atoms with Gasteiger partial charge in [-0.05, 0) is 0 Å².